The summed E-state index contributed by atoms with van der Waals surface area (Å²) < 4.78 is 38.6. The summed E-state index contributed by atoms with van der Waals surface area (Å²) in [5.74, 6) is -0.455. The van der Waals surface area contributed by atoms with Crippen molar-refractivity contribution in [3.63, 3.8) is 0 Å². The van der Waals surface area contributed by atoms with Crippen molar-refractivity contribution >= 4 is 11.6 Å². The number of anilines is 1. The Labute approximate surface area is 120 Å². The number of rotatable bonds is 3. The molecule has 7 heteroatoms. The van der Waals surface area contributed by atoms with Gasteiger partial charge in [-0.05, 0) is 43.0 Å². The van der Waals surface area contributed by atoms with Crippen molar-refractivity contribution in [1.29, 1.82) is 0 Å². The maximum absolute atomic E-state index is 12.9. The van der Waals surface area contributed by atoms with Gasteiger partial charge >= 0.3 is 6.18 Å². The largest absolute Gasteiger partial charge is 0.416 e. The summed E-state index contributed by atoms with van der Waals surface area (Å²) in [6.45, 7) is 0.390. The van der Waals surface area contributed by atoms with Gasteiger partial charge in [0.05, 0.1) is 5.56 Å². The van der Waals surface area contributed by atoms with Gasteiger partial charge in [-0.1, -0.05) is 0 Å². The minimum Gasteiger partial charge on any atom is -0.368 e. The summed E-state index contributed by atoms with van der Waals surface area (Å²) in [6.07, 6.45) is -2.05. The van der Waals surface area contributed by atoms with Crippen LogP contribution in [-0.2, 0) is 17.5 Å². The van der Waals surface area contributed by atoms with Crippen LogP contribution < -0.4 is 16.4 Å². The second-order valence-corrected chi connectivity index (χ2v) is 5.15. The smallest absolute Gasteiger partial charge is 0.368 e. The molecule has 1 aliphatic heterocycles. The molecule has 1 unspecified atom stereocenters. The van der Waals surface area contributed by atoms with E-state index in [1.54, 1.807) is 4.90 Å². The van der Waals surface area contributed by atoms with Crippen molar-refractivity contribution in [2.24, 2.45) is 11.5 Å². The molecular formula is C14H18F3N3O. The Balaban J connectivity index is 2.38. The normalized spacial score (nSPS) is 19.6. The van der Waals surface area contributed by atoms with Crippen LogP contribution in [0.4, 0.5) is 18.9 Å². The highest BCUT2D eigenvalue weighted by Gasteiger charge is 2.34. The van der Waals surface area contributed by atoms with Crippen LogP contribution in [0.1, 0.15) is 30.4 Å². The molecule has 1 aromatic rings. The van der Waals surface area contributed by atoms with Gasteiger partial charge < -0.3 is 16.4 Å². The van der Waals surface area contributed by atoms with Crippen LogP contribution in [0.15, 0.2) is 18.2 Å². The van der Waals surface area contributed by atoms with Crippen molar-refractivity contribution in [1.82, 2.24) is 0 Å². The fourth-order valence-corrected chi connectivity index (χ4v) is 2.74. The molecule has 1 amide bonds. The Bertz CT molecular complexity index is 531. The molecule has 0 radical (unpaired) electrons. The number of nitrogens with two attached hydrogens (primary N) is 2. The maximum Gasteiger partial charge on any atom is 0.416 e. The van der Waals surface area contributed by atoms with E-state index in [1.165, 1.54) is 12.1 Å². The predicted molar refractivity (Wildman–Crippen MR) is 73.5 cm³/mol. The molecule has 1 fully saturated rings. The van der Waals surface area contributed by atoms with Crippen molar-refractivity contribution in [2.45, 2.75) is 38.0 Å². The summed E-state index contributed by atoms with van der Waals surface area (Å²) in [5, 5.41) is 0. The van der Waals surface area contributed by atoms with Crippen molar-refractivity contribution in [2.75, 3.05) is 11.4 Å². The lowest BCUT2D eigenvalue weighted by atomic mass is 9.99. The SMILES string of the molecule is NCc1cc(N2CCCCC2C(N)=O)ccc1C(F)(F)F. The van der Waals surface area contributed by atoms with Gasteiger partial charge in [-0.15, -0.1) is 0 Å². The lowest BCUT2D eigenvalue weighted by molar-refractivity contribution is -0.138. The standard InChI is InChI=1S/C14H18F3N3O/c15-14(16,17)11-5-4-10(7-9(11)8-18)20-6-2-1-3-12(20)13(19)21/h4-5,7,12H,1-3,6,8,18H2,(H2,19,21). The number of hydrogen-bond donors (Lipinski definition) is 2. The van der Waals surface area contributed by atoms with E-state index in [0.29, 0.717) is 18.7 Å². The van der Waals surface area contributed by atoms with E-state index in [0.717, 1.165) is 18.9 Å². The van der Waals surface area contributed by atoms with Gasteiger partial charge in [-0.3, -0.25) is 4.79 Å². The highest BCUT2D eigenvalue weighted by Crippen LogP contribution is 2.35. The topological polar surface area (TPSA) is 72.3 Å². The average Bonchev–Trinajstić information content (AvgIpc) is 2.45. The van der Waals surface area contributed by atoms with E-state index in [4.69, 9.17) is 11.5 Å². The Kier molecular flexibility index (Phi) is 4.41. The van der Waals surface area contributed by atoms with Gasteiger partial charge in [-0.2, -0.15) is 13.2 Å². The monoisotopic (exact) mass is 301 g/mol. The first-order chi connectivity index (χ1) is 9.84. The maximum atomic E-state index is 12.9. The van der Waals surface area contributed by atoms with E-state index in [-0.39, 0.29) is 12.1 Å². The zero-order chi connectivity index (χ0) is 15.6. The van der Waals surface area contributed by atoms with Gasteiger partial charge in [0.1, 0.15) is 6.04 Å². The number of alkyl halides is 3. The van der Waals surface area contributed by atoms with E-state index in [9.17, 15) is 18.0 Å². The Morgan fingerprint density at radius 2 is 2.05 bits per heavy atom. The number of hydrogen-bond acceptors (Lipinski definition) is 3. The summed E-state index contributed by atoms with van der Waals surface area (Å²) in [4.78, 5) is 13.3. The van der Waals surface area contributed by atoms with Crippen LogP contribution in [-0.4, -0.2) is 18.5 Å². The molecule has 1 saturated heterocycles. The first-order valence-electron chi connectivity index (χ1n) is 6.80. The van der Waals surface area contributed by atoms with Crippen LogP contribution in [0, 0.1) is 0 Å². The van der Waals surface area contributed by atoms with Crippen LogP contribution in [0.25, 0.3) is 0 Å². The van der Waals surface area contributed by atoms with Gasteiger partial charge in [0.2, 0.25) is 5.91 Å². The van der Waals surface area contributed by atoms with E-state index in [2.05, 4.69) is 0 Å². The third-order valence-electron chi connectivity index (χ3n) is 3.78. The molecular weight excluding hydrogens is 283 g/mol. The molecule has 0 aliphatic carbocycles. The highest BCUT2D eigenvalue weighted by atomic mass is 19.4. The molecule has 4 N–H and O–H groups in total. The Hall–Kier alpha value is -1.76. The third kappa shape index (κ3) is 3.29. The summed E-state index contributed by atoms with van der Waals surface area (Å²) >= 11 is 0. The highest BCUT2D eigenvalue weighted by molar-refractivity contribution is 5.84. The number of carbonyl (C=O) groups excluding carboxylic acids is 1. The van der Waals surface area contributed by atoms with Gasteiger partial charge in [0, 0.05) is 18.8 Å². The number of primary amides is 1. The third-order valence-corrected chi connectivity index (χ3v) is 3.78. The lowest BCUT2D eigenvalue weighted by Gasteiger charge is -2.36. The molecule has 2 rings (SSSR count). The molecule has 0 bridgehead atoms. The first kappa shape index (κ1) is 15.6. The number of piperidine rings is 1. The average molecular weight is 301 g/mol. The summed E-state index contributed by atoms with van der Waals surface area (Å²) in [5.41, 5.74) is 10.7. The number of amides is 1. The van der Waals surface area contributed by atoms with Gasteiger partial charge in [0.25, 0.3) is 0 Å². The first-order valence-corrected chi connectivity index (χ1v) is 6.80. The molecule has 1 aromatic carbocycles. The van der Waals surface area contributed by atoms with E-state index >= 15 is 0 Å². The van der Waals surface area contributed by atoms with E-state index < -0.39 is 23.7 Å². The summed E-state index contributed by atoms with van der Waals surface area (Å²) in [7, 11) is 0. The minimum absolute atomic E-state index is 0.0220. The number of benzene rings is 1. The molecule has 4 nitrogen and oxygen atoms in total. The number of carbonyl (C=O) groups is 1. The molecule has 21 heavy (non-hydrogen) atoms. The van der Waals surface area contributed by atoms with Crippen molar-refractivity contribution in [3.8, 4) is 0 Å². The second-order valence-electron chi connectivity index (χ2n) is 5.15. The summed E-state index contributed by atoms with van der Waals surface area (Å²) in [6, 6.07) is 3.33. The lowest BCUT2D eigenvalue weighted by Crippen LogP contribution is -2.47. The fourth-order valence-electron chi connectivity index (χ4n) is 2.74. The Morgan fingerprint density at radius 3 is 2.62 bits per heavy atom. The molecule has 1 heterocycles. The van der Waals surface area contributed by atoms with Crippen LogP contribution >= 0.6 is 0 Å². The fraction of sp³-hybridized carbons (Fsp3) is 0.500. The minimum atomic E-state index is -4.43. The van der Waals surface area contributed by atoms with Gasteiger partial charge in [-0.25, -0.2) is 0 Å². The molecule has 1 atom stereocenters. The van der Waals surface area contributed by atoms with Crippen LogP contribution in [0.3, 0.4) is 0 Å². The predicted octanol–water partition coefficient (Wildman–Crippen LogP) is 2.01. The zero-order valence-electron chi connectivity index (χ0n) is 11.5. The Morgan fingerprint density at radius 1 is 1.33 bits per heavy atom. The molecule has 1 aliphatic rings. The van der Waals surface area contributed by atoms with Crippen molar-refractivity contribution < 1.29 is 18.0 Å². The van der Waals surface area contributed by atoms with Gasteiger partial charge in [0.15, 0.2) is 0 Å². The van der Waals surface area contributed by atoms with Crippen LogP contribution in [0.5, 0.6) is 0 Å². The molecule has 0 saturated carbocycles. The molecule has 116 valence electrons. The number of nitrogens with zero attached hydrogens (tertiary/aromatic N) is 1. The zero-order valence-corrected chi connectivity index (χ0v) is 11.5. The second kappa shape index (κ2) is 5.93. The van der Waals surface area contributed by atoms with E-state index in [1.807, 2.05) is 0 Å². The van der Waals surface area contributed by atoms with Crippen molar-refractivity contribution in [3.05, 3.63) is 29.3 Å². The van der Waals surface area contributed by atoms with Crippen LogP contribution in [0.2, 0.25) is 0 Å². The quantitative estimate of drug-likeness (QED) is 0.897. The molecule has 0 aromatic heterocycles. The molecule has 0 spiro atoms. The number of halogens is 3.